The Morgan fingerprint density at radius 1 is 1.21 bits per heavy atom. The molecule has 1 N–H and O–H groups in total. The summed E-state index contributed by atoms with van der Waals surface area (Å²) in [5.74, 6) is -4.97. The van der Waals surface area contributed by atoms with Gasteiger partial charge in [0.1, 0.15) is 0 Å². The fourth-order valence-corrected chi connectivity index (χ4v) is 2.15. The van der Waals surface area contributed by atoms with Gasteiger partial charge >= 0.3 is 11.9 Å². The Morgan fingerprint density at radius 3 is 2.37 bits per heavy atom. The number of fused-ring (bicyclic) bond motifs is 1. The number of nitrogens with zero attached hydrogens (tertiary/aromatic N) is 1. The number of aromatic nitrogens is 2. The number of nitrogens with one attached hydrogen (secondary N) is 1. The maximum atomic E-state index is 12.4. The zero-order valence-electron chi connectivity index (χ0n) is 8.87. The summed E-state index contributed by atoms with van der Waals surface area (Å²) in [5, 5.41) is 0. The van der Waals surface area contributed by atoms with Crippen molar-refractivity contribution in [2.45, 2.75) is 16.8 Å². The molecule has 0 aliphatic heterocycles. The van der Waals surface area contributed by atoms with E-state index in [1.165, 1.54) is 0 Å². The first-order chi connectivity index (χ1) is 8.62. The minimum absolute atomic E-state index is 0.166. The molecule has 0 radical (unpaired) electrons. The number of halogens is 5. The largest absolute Gasteiger partial charge is 0.449 e. The molecule has 0 saturated heterocycles. The topological polar surface area (TPSA) is 62.8 Å². The first kappa shape index (κ1) is 13.7. The SMILES string of the molecule is O=S(=O)(c1ccc2nc(C(F)(F)F)[nH]c2c1)C(F)F. The number of H-pyrrole nitrogens is 1. The van der Waals surface area contributed by atoms with Gasteiger partial charge in [-0.25, -0.2) is 13.4 Å². The van der Waals surface area contributed by atoms with Crippen LogP contribution in [0.25, 0.3) is 11.0 Å². The molecule has 19 heavy (non-hydrogen) atoms. The maximum absolute atomic E-state index is 12.4. The number of rotatable bonds is 2. The van der Waals surface area contributed by atoms with Gasteiger partial charge in [0.2, 0.25) is 15.7 Å². The number of benzene rings is 1. The van der Waals surface area contributed by atoms with Crippen molar-refractivity contribution in [3.63, 3.8) is 0 Å². The van der Waals surface area contributed by atoms with Crippen LogP contribution in [0.3, 0.4) is 0 Å². The molecule has 104 valence electrons. The van der Waals surface area contributed by atoms with Gasteiger partial charge in [-0.1, -0.05) is 0 Å². The van der Waals surface area contributed by atoms with Gasteiger partial charge in [0.05, 0.1) is 15.9 Å². The van der Waals surface area contributed by atoms with Crippen LogP contribution in [-0.4, -0.2) is 24.1 Å². The van der Waals surface area contributed by atoms with Gasteiger partial charge in [-0.3, -0.25) is 0 Å². The summed E-state index contributed by atoms with van der Waals surface area (Å²) in [6.07, 6.45) is -4.74. The standard InChI is InChI=1S/C9H5F5N2O2S/c10-8(11)19(17,18)4-1-2-5-6(3-4)16-7(15-5)9(12,13)14/h1-3,8H,(H,15,16). The summed E-state index contributed by atoms with van der Waals surface area (Å²) in [4.78, 5) is 4.26. The molecule has 0 aliphatic rings. The van der Waals surface area contributed by atoms with Crippen molar-refractivity contribution in [2.24, 2.45) is 0 Å². The van der Waals surface area contributed by atoms with E-state index in [4.69, 9.17) is 0 Å². The number of hydrogen-bond donors (Lipinski definition) is 1. The Morgan fingerprint density at radius 2 is 1.84 bits per heavy atom. The van der Waals surface area contributed by atoms with Gasteiger partial charge in [0.15, 0.2) is 0 Å². The summed E-state index contributed by atoms with van der Waals surface area (Å²) < 4.78 is 84.0. The Labute approximate surface area is 103 Å². The quantitative estimate of drug-likeness (QED) is 0.867. The Kier molecular flexibility index (Phi) is 3.00. The first-order valence-electron chi connectivity index (χ1n) is 4.71. The molecule has 1 heterocycles. The van der Waals surface area contributed by atoms with Crippen molar-refractivity contribution in [1.82, 2.24) is 9.97 Å². The summed E-state index contributed by atoms with van der Waals surface area (Å²) in [6, 6.07) is 2.40. The maximum Gasteiger partial charge on any atom is 0.449 e. The Balaban J connectivity index is 2.59. The summed E-state index contributed by atoms with van der Waals surface area (Å²) in [7, 11) is -4.86. The van der Waals surface area contributed by atoms with Crippen LogP contribution in [0.1, 0.15) is 5.82 Å². The van der Waals surface area contributed by atoms with Crippen LogP contribution >= 0.6 is 0 Å². The summed E-state index contributed by atoms with van der Waals surface area (Å²) in [6.45, 7) is 0. The predicted molar refractivity (Wildman–Crippen MR) is 54.3 cm³/mol. The first-order valence-corrected chi connectivity index (χ1v) is 6.26. The van der Waals surface area contributed by atoms with Crippen molar-refractivity contribution in [3.05, 3.63) is 24.0 Å². The van der Waals surface area contributed by atoms with E-state index in [0.717, 1.165) is 12.1 Å². The van der Waals surface area contributed by atoms with Gasteiger partial charge in [-0.05, 0) is 18.2 Å². The van der Waals surface area contributed by atoms with Gasteiger partial charge in [0.25, 0.3) is 0 Å². The third-order valence-electron chi connectivity index (χ3n) is 2.28. The van der Waals surface area contributed by atoms with Crippen LogP contribution < -0.4 is 0 Å². The molecule has 0 saturated carbocycles. The average molecular weight is 300 g/mol. The fraction of sp³-hybridized carbons (Fsp3) is 0.222. The Bertz CT molecular complexity index is 720. The molecule has 1 aromatic heterocycles. The van der Waals surface area contributed by atoms with Gasteiger partial charge < -0.3 is 4.98 Å². The molecule has 0 atom stereocenters. The lowest BCUT2D eigenvalue weighted by Crippen LogP contribution is -2.11. The zero-order valence-corrected chi connectivity index (χ0v) is 9.69. The molecule has 0 aliphatic carbocycles. The van der Waals surface area contributed by atoms with Crippen molar-refractivity contribution in [1.29, 1.82) is 0 Å². The predicted octanol–water partition coefficient (Wildman–Crippen LogP) is 2.58. The molecule has 0 spiro atoms. The van der Waals surface area contributed by atoms with Crippen molar-refractivity contribution in [3.8, 4) is 0 Å². The molecule has 1 aromatic carbocycles. The third-order valence-corrected chi connectivity index (χ3v) is 3.67. The van der Waals surface area contributed by atoms with Crippen LogP contribution in [0.5, 0.6) is 0 Å². The summed E-state index contributed by atoms with van der Waals surface area (Å²) in [5.41, 5.74) is -0.449. The van der Waals surface area contributed by atoms with Gasteiger partial charge in [-0.2, -0.15) is 22.0 Å². The van der Waals surface area contributed by atoms with E-state index in [-0.39, 0.29) is 11.0 Å². The number of aromatic amines is 1. The zero-order chi connectivity index (χ0) is 14.4. The molecule has 2 rings (SSSR count). The highest BCUT2D eigenvalue weighted by atomic mass is 32.2. The van der Waals surface area contributed by atoms with Crippen molar-refractivity contribution < 1.29 is 30.4 Å². The van der Waals surface area contributed by atoms with Crippen LogP contribution in [0.4, 0.5) is 22.0 Å². The number of alkyl halides is 5. The van der Waals surface area contributed by atoms with Crippen molar-refractivity contribution >= 4 is 20.9 Å². The minimum Gasteiger partial charge on any atom is -0.334 e. The lowest BCUT2D eigenvalue weighted by atomic mass is 10.3. The highest BCUT2D eigenvalue weighted by Crippen LogP contribution is 2.29. The normalized spacial score (nSPS) is 13.4. The van der Waals surface area contributed by atoms with E-state index < -0.39 is 32.5 Å². The molecule has 0 unspecified atom stereocenters. The molecular weight excluding hydrogens is 295 g/mol. The molecular formula is C9H5F5N2O2S. The molecule has 0 bridgehead atoms. The van der Waals surface area contributed by atoms with E-state index in [2.05, 4.69) is 4.98 Å². The average Bonchev–Trinajstić information content (AvgIpc) is 2.70. The van der Waals surface area contributed by atoms with Crippen LogP contribution in [-0.2, 0) is 16.0 Å². The van der Waals surface area contributed by atoms with E-state index >= 15 is 0 Å². The second kappa shape index (κ2) is 4.15. The molecule has 4 nitrogen and oxygen atoms in total. The van der Waals surface area contributed by atoms with Gasteiger partial charge in [-0.15, -0.1) is 0 Å². The fourth-order valence-electron chi connectivity index (χ4n) is 1.40. The highest BCUT2D eigenvalue weighted by Gasteiger charge is 2.35. The number of sulfone groups is 1. The monoisotopic (exact) mass is 300 g/mol. The second-order valence-corrected chi connectivity index (χ2v) is 5.49. The third kappa shape index (κ3) is 2.39. The van der Waals surface area contributed by atoms with Gasteiger partial charge in [0, 0.05) is 0 Å². The Hall–Kier alpha value is -1.71. The van der Waals surface area contributed by atoms with Crippen LogP contribution in [0.15, 0.2) is 23.1 Å². The summed E-state index contributed by atoms with van der Waals surface area (Å²) >= 11 is 0. The van der Waals surface area contributed by atoms with E-state index in [1.807, 2.05) is 4.98 Å². The lowest BCUT2D eigenvalue weighted by Gasteiger charge is -2.02. The smallest absolute Gasteiger partial charge is 0.334 e. The molecule has 0 amide bonds. The number of imidazole rings is 1. The van der Waals surface area contributed by atoms with E-state index in [0.29, 0.717) is 6.07 Å². The van der Waals surface area contributed by atoms with E-state index in [9.17, 15) is 30.4 Å². The lowest BCUT2D eigenvalue weighted by molar-refractivity contribution is -0.144. The number of hydrogen-bond acceptors (Lipinski definition) is 3. The van der Waals surface area contributed by atoms with Crippen LogP contribution in [0, 0.1) is 0 Å². The van der Waals surface area contributed by atoms with E-state index in [1.54, 1.807) is 0 Å². The van der Waals surface area contributed by atoms with Crippen molar-refractivity contribution in [2.75, 3.05) is 0 Å². The highest BCUT2D eigenvalue weighted by molar-refractivity contribution is 7.91. The molecule has 0 fully saturated rings. The minimum atomic E-state index is -4.86. The molecule has 10 heteroatoms. The second-order valence-electron chi connectivity index (χ2n) is 3.57. The van der Waals surface area contributed by atoms with Crippen LogP contribution in [0.2, 0.25) is 0 Å². The molecule has 2 aromatic rings.